The molecule has 2 aromatic carbocycles. The van der Waals surface area contributed by atoms with Gasteiger partial charge >= 0.3 is 0 Å². The number of fused-ring (bicyclic) bond motifs is 1. The van der Waals surface area contributed by atoms with Crippen molar-refractivity contribution in [1.82, 2.24) is 0 Å². The third-order valence-corrected chi connectivity index (χ3v) is 2.94. The predicted octanol–water partition coefficient (Wildman–Crippen LogP) is 2.23. The monoisotopic (exact) mass is 231 g/mol. The molecule has 3 heteroatoms. The molecule has 1 atom stereocenters. The second-order valence-electron chi connectivity index (χ2n) is 4.00. The highest BCUT2D eigenvalue weighted by atomic mass is 16.5. The maximum absolute atomic E-state index is 10.1. The number of hydrogen-bond donors (Lipinski definition) is 2. The van der Waals surface area contributed by atoms with Crippen molar-refractivity contribution in [2.75, 3.05) is 13.7 Å². The number of methoxy groups -OCH3 is 1. The molecular weight excluding hydrogens is 214 g/mol. The summed E-state index contributed by atoms with van der Waals surface area (Å²) in [5.74, 6) is 0.823. The summed E-state index contributed by atoms with van der Waals surface area (Å²) in [6.45, 7) is 0.474. The van der Waals surface area contributed by atoms with E-state index in [0.717, 1.165) is 22.1 Å². The van der Waals surface area contributed by atoms with Crippen molar-refractivity contribution in [2.45, 2.75) is 12.5 Å². The molecule has 0 heterocycles. The van der Waals surface area contributed by atoms with E-state index in [-0.39, 0.29) is 0 Å². The van der Waals surface area contributed by atoms with E-state index in [0.29, 0.717) is 13.0 Å². The lowest BCUT2D eigenvalue weighted by Gasteiger charge is -2.14. The number of aliphatic hydroxyl groups is 1. The highest BCUT2D eigenvalue weighted by Gasteiger charge is 2.12. The maximum atomic E-state index is 10.1. The number of ether oxygens (including phenoxy) is 1. The van der Waals surface area contributed by atoms with Crippen LogP contribution in [0.5, 0.6) is 5.75 Å². The predicted molar refractivity (Wildman–Crippen MR) is 69.1 cm³/mol. The van der Waals surface area contributed by atoms with Gasteiger partial charge in [0.25, 0.3) is 0 Å². The van der Waals surface area contributed by atoms with Gasteiger partial charge in [-0.2, -0.15) is 0 Å². The van der Waals surface area contributed by atoms with Crippen molar-refractivity contribution in [3.8, 4) is 5.75 Å². The number of rotatable bonds is 4. The minimum Gasteiger partial charge on any atom is -0.496 e. The lowest BCUT2D eigenvalue weighted by atomic mass is 9.98. The molecule has 3 nitrogen and oxygen atoms in total. The molecule has 0 fully saturated rings. The van der Waals surface area contributed by atoms with E-state index in [9.17, 15) is 5.11 Å². The van der Waals surface area contributed by atoms with Crippen LogP contribution in [0.15, 0.2) is 36.4 Å². The fourth-order valence-electron chi connectivity index (χ4n) is 2.08. The zero-order valence-electron chi connectivity index (χ0n) is 9.89. The van der Waals surface area contributed by atoms with Crippen LogP contribution < -0.4 is 10.5 Å². The number of aliphatic hydroxyl groups excluding tert-OH is 1. The van der Waals surface area contributed by atoms with E-state index >= 15 is 0 Å². The van der Waals surface area contributed by atoms with Crippen molar-refractivity contribution < 1.29 is 9.84 Å². The van der Waals surface area contributed by atoms with E-state index in [4.69, 9.17) is 10.5 Å². The van der Waals surface area contributed by atoms with Gasteiger partial charge in [-0.1, -0.05) is 30.3 Å². The summed E-state index contributed by atoms with van der Waals surface area (Å²) in [6.07, 6.45) is 0.0480. The Morgan fingerprint density at radius 1 is 1.18 bits per heavy atom. The molecule has 3 N–H and O–H groups in total. The molecule has 0 aliphatic rings. The quantitative estimate of drug-likeness (QED) is 0.848. The summed E-state index contributed by atoms with van der Waals surface area (Å²) in [6, 6.07) is 11.7. The van der Waals surface area contributed by atoms with Gasteiger partial charge in [0.1, 0.15) is 5.75 Å². The molecule has 0 saturated carbocycles. The Morgan fingerprint density at radius 2 is 1.88 bits per heavy atom. The topological polar surface area (TPSA) is 55.5 Å². The normalized spacial score (nSPS) is 12.6. The summed E-state index contributed by atoms with van der Waals surface area (Å²) in [5, 5.41) is 12.1. The van der Waals surface area contributed by atoms with E-state index in [1.165, 1.54) is 0 Å². The van der Waals surface area contributed by atoms with Crippen LogP contribution >= 0.6 is 0 Å². The Labute approximate surface area is 101 Å². The molecule has 0 spiro atoms. The molecule has 17 heavy (non-hydrogen) atoms. The summed E-state index contributed by atoms with van der Waals surface area (Å²) in [5.41, 5.74) is 6.39. The fraction of sp³-hybridized carbons (Fsp3) is 0.286. The van der Waals surface area contributed by atoms with E-state index < -0.39 is 6.10 Å². The van der Waals surface area contributed by atoms with Crippen molar-refractivity contribution in [2.24, 2.45) is 5.73 Å². The van der Waals surface area contributed by atoms with Crippen LogP contribution in [0.25, 0.3) is 10.8 Å². The SMILES string of the molecule is COc1ccc(C(O)CCN)c2ccccc12. The summed E-state index contributed by atoms with van der Waals surface area (Å²) in [4.78, 5) is 0. The van der Waals surface area contributed by atoms with Crippen molar-refractivity contribution >= 4 is 10.8 Å². The molecule has 0 aromatic heterocycles. The lowest BCUT2D eigenvalue weighted by molar-refractivity contribution is 0.172. The first-order chi connectivity index (χ1) is 8.27. The third kappa shape index (κ3) is 2.25. The van der Waals surface area contributed by atoms with Gasteiger partial charge in [-0.25, -0.2) is 0 Å². The van der Waals surface area contributed by atoms with Gasteiger partial charge in [0.05, 0.1) is 13.2 Å². The van der Waals surface area contributed by atoms with E-state index in [2.05, 4.69) is 0 Å². The van der Waals surface area contributed by atoms with Gasteiger partial charge in [0.2, 0.25) is 0 Å². The molecule has 0 aliphatic heterocycles. The first-order valence-electron chi connectivity index (χ1n) is 5.71. The summed E-state index contributed by atoms with van der Waals surface area (Å²) in [7, 11) is 1.65. The smallest absolute Gasteiger partial charge is 0.126 e. The average molecular weight is 231 g/mol. The zero-order chi connectivity index (χ0) is 12.3. The molecule has 0 aliphatic carbocycles. The molecule has 2 aromatic rings. The van der Waals surface area contributed by atoms with Crippen LogP contribution in [-0.4, -0.2) is 18.8 Å². The largest absolute Gasteiger partial charge is 0.496 e. The highest BCUT2D eigenvalue weighted by Crippen LogP contribution is 2.32. The van der Waals surface area contributed by atoms with Gasteiger partial charge in [-0.3, -0.25) is 0 Å². The minimum absolute atomic E-state index is 0.474. The van der Waals surface area contributed by atoms with Gasteiger partial charge in [-0.05, 0) is 30.0 Å². The Balaban J connectivity index is 2.58. The third-order valence-electron chi connectivity index (χ3n) is 2.94. The molecular formula is C14H17NO2. The van der Waals surface area contributed by atoms with E-state index in [1.807, 2.05) is 36.4 Å². The second kappa shape index (κ2) is 5.17. The van der Waals surface area contributed by atoms with Crippen LogP contribution in [0.1, 0.15) is 18.1 Å². The Bertz CT molecular complexity index is 511. The molecule has 0 radical (unpaired) electrons. The average Bonchev–Trinajstić information content (AvgIpc) is 2.37. The number of nitrogens with two attached hydrogens (primary N) is 1. The van der Waals surface area contributed by atoms with E-state index in [1.54, 1.807) is 7.11 Å². The van der Waals surface area contributed by atoms with Gasteiger partial charge in [-0.15, -0.1) is 0 Å². The summed E-state index contributed by atoms with van der Waals surface area (Å²) < 4.78 is 5.32. The summed E-state index contributed by atoms with van der Waals surface area (Å²) >= 11 is 0. The standard InChI is InChI=1S/C14H17NO2/c1-17-14-7-6-11(13(16)8-9-15)10-4-2-3-5-12(10)14/h2-7,13,16H,8-9,15H2,1H3. The molecule has 2 rings (SSSR count). The number of benzene rings is 2. The van der Waals surface area contributed by atoms with Crippen LogP contribution in [0, 0.1) is 0 Å². The molecule has 0 amide bonds. The van der Waals surface area contributed by atoms with Crippen LogP contribution in [0.4, 0.5) is 0 Å². The lowest BCUT2D eigenvalue weighted by Crippen LogP contribution is -2.07. The van der Waals surface area contributed by atoms with Crippen LogP contribution in [0.3, 0.4) is 0 Å². The zero-order valence-corrected chi connectivity index (χ0v) is 9.89. The van der Waals surface area contributed by atoms with Crippen molar-refractivity contribution in [1.29, 1.82) is 0 Å². The number of hydrogen-bond acceptors (Lipinski definition) is 3. The van der Waals surface area contributed by atoms with Gasteiger partial charge in [0.15, 0.2) is 0 Å². The van der Waals surface area contributed by atoms with Crippen molar-refractivity contribution in [3.05, 3.63) is 42.0 Å². The Morgan fingerprint density at radius 3 is 2.53 bits per heavy atom. The fourth-order valence-corrected chi connectivity index (χ4v) is 2.08. The van der Waals surface area contributed by atoms with Gasteiger partial charge < -0.3 is 15.6 Å². The van der Waals surface area contributed by atoms with Gasteiger partial charge in [0, 0.05) is 5.39 Å². The highest BCUT2D eigenvalue weighted by molar-refractivity contribution is 5.91. The molecule has 90 valence electrons. The van der Waals surface area contributed by atoms with Crippen LogP contribution in [0.2, 0.25) is 0 Å². The first kappa shape index (κ1) is 11.9. The van der Waals surface area contributed by atoms with Crippen molar-refractivity contribution in [3.63, 3.8) is 0 Å². The first-order valence-corrected chi connectivity index (χ1v) is 5.71. The minimum atomic E-state index is -0.518. The Kier molecular flexibility index (Phi) is 3.61. The maximum Gasteiger partial charge on any atom is 0.126 e. The molecule has 0 saturated heterocycles. The second-order valence-corrected chi connectivity index (χ2v) is 4.00. The molecule has 0 bridgehead atoms. The Hall–Kier alpha value is -1.58. The molecule has 1 unspecified atom stereocenters. The van der Waals surface area contributed by atoms with Crippen LogP contribution in [-0.2, 0) is 0 Å².